The Bertz CT molecular complexity index is 848. The van der Waals surface area contributed by atoms with Crippen LogP contribution in [0.2, 0.25) is 0 Å². The summed E-state index contributed by atoms with van der Waals surface area (Å²) >= 11 is 0. The number of benzene rings is 1. The van der Waals surface area contributed by atoms with E-state index in [0.29, 0.717) is 5.82 Å². The van der Waals surface area contributed by atoms with Crippen LogP contribution >= 0.6 is 0 Å². The maximum absolute atomic E-state index is 4.31. The van der Waals surface area contributed by atoms with E-state index in [1.807, 2.05) is 12.3 Å². The van der Waals surface area contributed by atoms with Crippen molar-refractivity contribution in [2.45, 2.75) is 20.8 Å². The lowest BCUT2D eigenvalue weighted by Crippen LogP contribution is -2.23. The highest BCUT2D eigenvalue weighted by Crippen LogP contribution is 2.18. The van der Waals surface area contributed by atoms with Gasteiger partial charge in [0.2, 0.25) is 0 Å². The van der Waals surface area contributed by atoms with Crippen molar-refractivity contribution in [2.24, 2.45) is 5.10 Å². The van der Waals surface area contributed by atoms with E-state index in [0.717, 1.165) is 35.4 Å². The van der Waals surface area contributed by atoms with Crippen molar-refractivity contribution in [2.75, 3.05) is 23.4 Å². The molecule has 0 spiro atoms. The van der Waals surface area contributed by atoms with E-state index in [4.69, 9.17) is 0 Å². The number of aromatic nitrogens is 3. The molecule has 124 valence electrons. The molecular weight excluding hydrogens is 300 g/mol. The predicted molar refractivity (Wildman–Crippen MR) is 99.8 cm³/mol. The molecule has 0 aliphatic rings. The summed E-state index contributed by atoms with van der Waals surface area (Å²) < 4.78 is 0. The Labute approximate surface area is 141 Å². The summed E-state index contributed by atoms with van der Waals surface area (Å²) in [5.74, 6) is 1.58. The normalized spacial score (nSPS) is 11.3. The van der Waals surface area contributed by atoms with E-state index in [1.165, 1.54) is 5.56 Å². The number of H-pyrrole nitrogens is 1. The summed E-state index contributed by atoms with van der Waals surface area (Å²) in [5.41, 5.74) is 6.36. The van der Waals surface area contributed by atoms with Gasteiger partial charge in [0, 0.05) is 41.8 Å². The van der Waals surface area contributed by atoms with Crippen molar-refractivity contribution in [3.8, 4) is 0 Å². The molecule has 2 N–H and O–H groups in total. The van der Waals surface area contributed by atoms with E-state index < -0.39 is 0 Å². The maximum Gasteiger partial charge on any atom is 0.151 e. The number of anilines is 2. The first-order valence-electron chi connectivity index (χ1n) is 8.15. The first-order chi connectivity index (χ1) is 11.7. The van der Waals surface area contributed by atoms with E-state index >= 15 is 0 Å². The molecule has 0 radical (unpaired) electrons. The van der Waals surface area contributed by atoms with Crippen molar-refractivity contribution in [1.29, 1.82) is 0 Å². The average molecular weight is 322 g/mol. The topological polar surface area (TPSA) is 69.2 Å². The first kappa shape index (κ1) is 16.0. The minimum absolute atomic E-state index is 0.679. The Balaban J connectivity index is 1.75. The average Bonchev–Trinajstić information content (AvgIpc) is 2.99. The van der Waals surface area contributed by atoms with Crippen molar-refractivity contribution in [1.82, 2.24) is 15.0 Å². The summed E-state index contributed by atoms with van der Waals surface area (Å²) in [7, 11) is 0. The molecule has 6 heteroatoms. The van der Waals surface area contributed by atoms with Gasteiger partial charge in [-0.2, -0.15) is 5.10 Å². The Morgan fingerprint density at radius 1 is 1.21 bits per heavy atom. The molecule has 0 aliphatic heterocycles. The zero-order valence-corrected chi connectivity index (χ0v) is 14.2. The smallest absolute Gasteiger partial charge is 0.151 e. The largest absolute Gasteiger partial charge is 0.360 e. The number of fused-ring (bicyclic) bond motifs is 1. The number of rotatable bonds is 6. The fourth-order valence-corrected chi connectivity index (χ4v) is 2.67. The molecule has 2 aromatic heterocycles. The predicted octanol–water partition coefficient (Wildman–Crippen LogP) is 3.56. The highest BCUT2D eigenvalue weighted by Gasteiger charge is 2.05. The second-order valence-electron chi connectivity index (χ2n) is 5.60. The van der Waals surface area contributed by atoms with Crippen LogP contribution in [-0.2, 0) is 0 Å². The van der Waals surface area contributed by atoms with Gasteiger partial charge in [0.1, 0.15) is 12.1 Å². The minimum atomic E-state index is 0.679. The van der Waals surface area contributed by atoms with Crippen LogP contribution in [0.15, 0.2) is 41.9 Å². The molecule has 24 heavy (non-hydrogen) atoms. The van der Waals surface area contributed by atoms with Gasteiger partial charge < -0.3 is 9.88 Å². The Morgan fingerprint density at radius 2 is 2.04 bits per heavy atom. The quantitative estimate of drug-likeness (QED) is 0.538. The highest BCUT2D eigenvalue weighted by molar-refractivity contribution is 5.99. The molecule has 0 aliphatic carbocycles. The van der Waals surface area contributed by atoms with Crippen LogP contribution in [0.1, 0.15) is 25.0 Å². The number of aryl methyl sites for hydroxylation is 1. The third kappa shape index (κ3) is 3.37. The molecule has 2 heterocycles. The molecule has 0 saturated carbocycles. The van der Waals surface area contributed by atoms with Crippen LogP contribution in [0, 0.1) is 6.92 Å². The summed E-state index contributed by atoms with van der Waals surface area (Å²) in [4.78, 5) is 14.0. The molecule has 0 atom stereocenters. The highest BCUT2D eigenvalue weighted by atomic mass is 15.3. The molecule has 0 saturated heterocycles. The molecule has 6 nitrogen and oxygen atoms in total. The van der Waals surface area contributed by atoms with Crippen molar-refractivity contribution >= 4 is 28.8 Å². The zero-order chi connectivity index (χ0) is 16.9. The third-order valence-electron chi connectivity index (χ3n) is 3.99. The van der Waals surface area contributed by atoms with Crippen LogP contribution in [0.5, 0.6) is 0 Å². The van der Waals surface area contributed by atoms with Crippen LogP contribution in [0.25, 0.3) is 10.9 Å². The number of hydrogen-bond acceptors (Lipinski definition) is 5. The van der Waals surface area contributed by atoms with Crippen LogP contribution in [0.4, 0.5) is 11.6 Å². The molecule has 1 aromatic carbocycles. The number of hydrazone groups is 1. The fourth-order valence-electron chi connectivity index (χ4n) is 2.67. The standard InChI is InChI=1S/C18H22N6/c1-4-24(5-2)18-9-17(20-12-21-18)23-22-11-14-10-19-16-8-13(3)6-7-15(14)16/h6-12,19H,4-5H2,1-3H3,(H,20,21,23)/b22-11+. The molecule has 0 fully saturated rings. The second-order valence-corrected chi connectivity index (χ2v) is 5.60. The number of nitrogens with zero attached hydrogens (tertiary/aromatic N) is 4. The van der Waals surface area contributed by atoms with Crippen LogP contribution < -0.4 is 10.3 Å². The van der Waals surface area contributed by atoms with Gasteiger partial charge in [0.25, 0.3) is 0 Å². The van der Waals surface area contributed by atoms with Gasteiger partial charge in [0.15, 0.2) is 5.82 Å². The SMILES string of the molecule is CCN(CC)c1cc(N/N=C/c2c[nH]c3cc(C)ccc23)ncn1. The van der Waals surface area contributed by atoms with Crippen LogP contribution in [0.3, 0.4) is 0 Å². The number of aromatic amines is 1. The lowest BCUT2D eigenvalue weighted by Gasteiger charge is -2.19. The van der Waals surface area contributed by atoms with Gasteiger partial charge in [0.05, 0.1) is 6.21 Å². The summed E-state index contributed by atoms with van der Waals surface area (Å²) in [6.45, 7) is 8.11. The Hall–Kier alpha value is -2.89. The monoisotopic (exact) mass is 322 g/mol. The molecular formula is C18H22N6. The van der Waals surface area contributed by atoms with E-state index in [1.54, 1.807) is 12.5 Å². The van der Waals surface area contributed by atoms with Crippen LogP contribution in [-0.4, -0.2) is 34.3 Å². The fraction of sp³-hybridized carbons (Fsp3) is 0.278. The summed E-state index contributed by atoms with van der Waals surface area (Å²) in [5, 5.41) is 5.46. The van der Waals surface area contributed by atoms with Crippen molar-refractivity contribution in [3.63, 3.8) is 0 Å². The summed E-state index contributed by atoms with van der Waals surface area (Å²) in [6.07, 6.45) is 5.31. The molecule has 0 amide bonds. The molecule has 0 unspecified atom stereocenters. The van der Waals surface area contributed by atoms with Crippen molar-refractivity contribution < 1.29 is 0 Å². The number of nitrogens with one attached hydrogen (secondary N) is 2. The first-order valence-corrected chi connectivity index (χ1v) is 8.15. The molecule has 3 aromatic rings. The summed E-state index contributed by atoms with van der Waals surface area (Å²) in [6, 6.07) is 8.23. The van der Waals surface area contributed by atoms with Crippen molar-refractivity contribution in [3.05, 3.63) is 47.9 Å². The molecule has 3 rings (SSSR count). The lowest BCUT2D eigenvalue weighted by atomic mass is 10.1. The van der Waals surface area contributed by atoms with Gasteiger partial charge in [-0.05, 0) is 32.4 Å². The Kier molecular flexibility index (Phi) is 4.74. The van der Waals surface area contributed by atoms with E-state index in [2.05, 4.69) is 69.3 Å². The van der Waals surface area contributed by atoms with Gasteiger partial charge in [-0.25, -0.2) is 9.97 Å². The van der Waals surface area contributed by atoms with Gasteiger partial charge in [-0.3, -0.25) is 5.43 Å². The number of hydrogen-bond donors (Lipinski definition) is 2. The van der Waals surface area contributed by atoms with E-state index in [9.17, 15) is 0 Å². The van der Waals surface area contributed by atoms with Gasteiger partial charge in [-0.15, -0.1) is 0 Å². The third-order valence-corrected chi connectivity index (χ3v) is 3.99. The van der Waals surface area contributed by atoms with E-state index in [-0.39, 0.29) is 0 Å². The Morgan fingerprint density at radius 3 is 2.83 bits per heavy atom. The molecule has 0 bridgehead atoms. The van der Waals surface area contributed by atoms with Gasteiger partial charge >= 0.3 is 0 Å². The zero-order valence-electron chi connectivity index (χ0n) is 14.2. The maximum atomic E-state index is 4.31. The minimum Gasteiger partial charge on any atom is -0.360 e. The van der Waals surface area contributed by atoms with Gasteiger partial charge in [-0.1, -0.05) is 12.1 Å². The lowest BCUT2D eigenvalue weighted by molar-refractivity contribution is 0.841. The second kappa shape index (κ2) is 7.12.